The summed E-state index contributed by atoms with van der Waals surface area (Å²) in [7, 11) is 0. The Kier molecular flexibility index (Phi) is 5.94. The molecule has 2 nitrogen and oxygen atoms in total. The first kappa shape index (κ1) is 13.3. The number of rotatable bonds is 6. The first-order valence-electron chi connectivity index (χ1n) is 5.09. The molecule has 0 aromatic carbocycles. The van der Waals surface area contributed by atoms with Crippen LogP contribution in [0.1, 0.15) is 44.2 Å². The van der Waals surface area contributed by atoms with Gasteiger partial charge >= 0.3 is 0 Å². The molecule has 0 radical (unpaired) electrons. The van der Waals surface area contributed by atoms with Gasteiger partial charge < -0.3 is 0 Å². The molecule has 0 aliphatic rings. The molecule has 15 heavy (non-hydrogen) atoms. The van der Waals surface area contributed by atoms with Crippen molar-refractivity contribution in [1.29, 1.82) is 0 Å². The molecule has 1 unspecified atom stereocenters. The van der Waals surface area contributed by atoms with Crippen LogP contribution in [0.15, 0.2) is 6.07 Å². The summed E-state index contributed by atoms with van der Waals surface area (Å²) in [5, 5.41) is 0. The maximum atomic E-state index is 6.07. The lowest BCUT2D eigenvalue weighted by molar-refractivity contribution is 0.488. The molecule has 1 atom stereocenters. The molecule has 0 bridgehead atoms. The summed E-state index contributed by atoms with van der Waals surface area (Å²) in [5.41, 5.74) is 3.81. The fourth-order valence-electron chi connectivity index (χ4n) is 1.52. The Balaban J connectivity index is 2.61. The number of halogens is 2. The van der Waals surface area contributed by atoms with Gasteiger partial charge in [-0.05, 0) is 12.5 Å². The molecule has 1 rings (SSSR count). The van der Waals surface area contributed by atoms with Gasteiger partial charge in [0.05, 0.1) is 8.67 Å². The van der Waals surface area contributed by atoms with Crippen LogP contribution in [0.5, 0.6) is 0 Å². The fourth-order valence-corrected chi connectivity index (χ4v) is 3.10. The molecule has 86 valence electrons. The van der Waals surface area contributed by atoms with E-state index in [0.717, 1.165) is 22.7 Å². The molecule has 0 amide bonds. The van der Waals surface area contributed by atoms with E-state index in [1.807, 2.05) is 6.07 Å². The van der Waals surface area contributed by atoms with Crippen LogP contribution in [-0.2, 0) is 0 Å². The number of hydrazine groups is 1. The average molecular weight is 267 g/mol. The van der Waals surface area contributed by atoms with E-state index in [0.29, 0.717) is 4.34 Å². The van der Waals surface area contributed by atoms with Gasteiger partial charge in [0.1, 0.15) is 0 Å². The van der Waals surface area contributed by atoms with Crippen molar-refractivity contribution in [2.75, 3.05) is 0 Å². The SMILES string of the molecule is CCCCCC(NN)c1cc(Cl)sc1Cl. The van der Waals surface area contributed by atoms with Gasteiger partial charge in [-0.3, -0.25) is 11.3 Å². The van der Waals surface area contributed by atoms with Crippen molar-refractivity contribution in [2.45, 2.75) is 38.6 Å². The summed E-state index contributed by atoms with van der Waals surface area (Å²) >= 11 is 13.4. The Morgan fingerprint density at radius 2 is 2.20 bits per heavy atom. The maximum absolute atomic E-state index is 6.07. The van der Waals surface area contributed by atoms with Gasteiger partial charge in [0.2, 0.25) is 0 Å². The first-order chi connectivity index (χ1) is 7.19. The van der Waals surface area contributed by atoms with Gasteiger partial charge in [-0.1, -0.05) is 49.4 Å². The number of nitrogens with two attached hydrogens (primary N) is 1. The Labute approximate surface area is 105 Å². The summed E-state index contributed by atoms with van der Waals surface area (Å²) in [6, 6.07) is 2.01. The van der Waals surface area contributed by atoms with E-state index >= 15 is 0 Å². The molecule has 1 heterocycles. The minimum absolute atomic E-state index is 0.118. The van der Waals surface area contributed by atoms with Crippen molar-refractivity contribution in [2.24, 2.45) is 5.84 Å². The highest BCUT2D eigenvalue weighted by molar-refractivity contribution is 7.20. The van der Waals surface area contributed by atoms with Crippen molar-refractivity contribution in [3.63, 3.8) is 0 Å². The van der Waals surface area contributed by atoms with E-state index in [1.165, 1.54) is 24.2 Å². The summed E-state index contributed by atoms with van der Waals surface area (Å²) in [6.45, 7) is 2.18. The molecule has 0 aliphatic heterocycles. The molecule has 0 fully saturated rings. The minimum Gasteiger partial charge on any atom is -0.271 e. The largest absolute Gasteiger partial charge is 0.271 e. The highest BCUT2D eigenvalue weighted by Crippen LogP contribution is 2.36. The van der Waals surface area contributed by atoms with Gasteiger partial charge in [-0.15, -0.1) is 11.3 Å². The van der Waals surface area contributed by atoms with Crippen LogP contribution in [0.25, 0.3) is 0 Å². The third-order valence-corrected chi connectivity index (χ3v) is 3.87. The second-order valence-electron chi connectivity index (χ2n) is 3.49. The van der Waals surface area contributed by atoms with Crippen LogP contribution >= 0.6 is 34.5 Å². The van der Waals surface area contributed by atoms with E-state index in [1.54, 1.807) is 0 Å². The van der Waals surface area contributed by atoms with Crippen LogP contribution in [-0.4, -0.2) is 0 Å². The predicted molar refractivity (Wildman–Crippen MR) is 68.5 cm³/mol. The Morgan fingerprint density at radius 3 is 2.67 bits per heavy atom. The topological polar surface area (TPSA) is 38.0 Å². The second-order valence-corrected chi connectivity index (χ2v) is 5.78. The Morgan fingerprint density at radius 1 is 1.47 bits per heavy atom. The van der Waals surface area contributed by atoms with Crippen LogP contribution < -0.4 is 11.3 Å². The third kappa shape index (κ3) is 3.93. The fraction of sp³-hybridized carbons (Fsp3) is 0.600. The molecule has 3 N–H and O–H groups in total. The minimum atomic E-state index is 0.118. The van der Waals surface area contributed by atoms with Gasteiger partial charge in [0.25, 0.3) is 0 Å². The smallest absolute Gasteiger partial charge is 0.0992 e. The second kappa shape index (κ2) is 6.71. The van der Waals surface area contributed by atoms with Crippen LogP contribution in [0, 0.1) is 0 Å². The normalized spacial score (nSPS) is 13.1. The zero-order valence-corrected chi connectivity index (χ0v) is 11.1. The van der Waals surface area contributed by atoms with Gasteiger partial charge in [-0.25, -0.2) is 0 Å². The van der Waals surface area contributed by atoms with Gasteiger partial charge in [0.15, 0.2) is 0 Å². The lowest BCUT2D eigenvalue weighted by Crippen LogP contribution is -2.27. The molecule has 0 aliphatic carbocycles. The number of nitrogens with one attached hydrogen (secondary N) is 1. The summed E-state index contributed by atoms with van der Waals surface area (Å²) in [5.74, 6) is 5.52. The van der Waals surface area contributed by atoms with E-state index in [4.69, 9.17) is 29.0 Å². The summed E-state index contributed by atoms with van der Waals surface area (Å²) in [6.07, 6.45) is 4.56. The summed E-state index contributed by atoms with van der Waals surface area (Å²) in [4.78, 5) is 0. The van der Waals surface area contributed by atoms with Crippen LogP contribution in [0.3, 0.4) is 0 Å². The predicted octanol–water partition coefficient (Wildman–Crippen LogP) is 4.14. The number of thiophene rings is 1. The van der Waals surface area contributed by atoms with E-state index in [-0.39, 0.29) is 6.04 Å². The van der Waals surface area contributed by atoms with Crippen molar-refractivity contribution >= 4 is 34.5 Å². The monoisotopic (exact) mass is 266 g/mol. The Hall–Kier alpha value is 0.200. The van der Waals surface area contributed by atoms with Crippen LogP contribution in [0.2, 0.25) is 8.67 Å². The van der Waals surface area contributed by atoms with Crippen molar-refractivity contribution in [3.8, 4) is 0 Å². The number of hydrogen-bond donors (Lipinski definition) is 2. The van der Waals surface area contributed by atoms with E-state index in [2.05, 4.69) is 12.3 Å². The lowest BCUT2D eigenvalue weighted by atomic mass is 10.0. The molecule has 0 spiro atoms. The molecule has 1 aromatic heterocycles. The zero-order valence-electron chi connectivity index (χ0n) is 8.72. The average Bonchev–Trinajstić information content (AvgIpc) is 2.53. The standard InChI is InChI=1S/C10H16Cl2N2S/c1-2-3-4-5-8(14-13)7-6-9(11)15-10(7)12/h6,8,14H,2-5,13H2,1H3. The third-order valence-electron chi connectivity index (χ3n) is 2.36. The molecular weight excluding hydrogens is 251 g/mol. The zero-order chi connectivity index (χ0) is 11.3. The van der Waals surface area contributed by atoms with Crippen molar-refractivity contribution in [3.05, 3.63) is 20.3 Å². The quantitative estimate of drug-likeness (QED) is 0.462. The highest BCUT2D eigenvalue weighted by Gasteiger charge is 2.15. The van der Waals surface area contributed by atoms with Gasteiger partial charge in [-0.2, -0.15) is 0 Å². The van der Waals surface area contributed by atoms with Crippen LogP contribution in [0.4, 0.5) is 0 Å². The van der Waals surface area contributed by atoms with E-state index in [9.17, 15) is 0 Å². The Bertz CT molecular complexity index is 302. The van der Waals surface area contributed by atoms with Crippen molar-refractivity contribution in [1.82, 2.24) is 5.43 Å². The molecule has 0 saturated carbocycles. The van der Waals surface area contributed by atoms with E-state index < -0.39 is 0 Å². The lowest BCUT2D eigenvalue weighted by Gasteiger charge is -2.14. The highest BCUT2D eigenvalue weighted by atomic mass is 35.5. The maximum Gasteiger partial charge on any atom is 0.0992 e. The van der Waals surface area contributed by atoms with Crippen molar-refractivity contribution < 1.29 is 0 Å². The number of hydrogen-bond acceptors (Lipinski definition) is 3. The summed E-state index contributed by atoms with van der Waals surface area (Å²) < 4.78 is 1.45. The number of unbranched alkanes of at least 4 members (excludes halogenated alkanes) is 2. The van der Waals surface area contributed by atoms with Gasteiger partial charge in [0, 0.05) is 11.6 Å². The molecule has 0 saturated heterocycles. The first-order valence-corrected chi connectivity index (χ1v) is 6.67. The molecule has 1 aromatic rings. The molecule has 5 heteroatoms. The molecular formula is C10H16Cl2N2S.